The van der Waals surface area contributed by atoms with Gasteiger partial charge >= 0.3 is 0 Å². The van der Waals surface area contributed by atoms with Gasteiger partial charge in [-0.1, -0.05) is 18.2 Å². The third-order valence-corrected chi connectivity index (χ3v) is 3.92. The second-order valence-corrected chi connectivity index (χ2v) is 5.44. The van der Waals surface area contributed by atoms with Crippen LogP contribution in [0, 0.1) is 0 Å². The number of aromatic amines is 1. The molecule has 0 atom stereocenters. The predicted molar refractivity (Wildman–Crippen MR) is 86.2 cm³/mol. The van der Waals surface area contributed by atoms with E-state index in [-0.39, 0.29) is 11.5 Å². The highest BCUT2D eigenvalue weighted by molar-refractivity contribution is 6.05. The van der Waals surface area contributed by atoms with Crippen LogP contribution in [0.3, 0.4) is 0 Å². The van der Waals surface area contributed by atoms with Gasteiger partial charge in [-0.25, -0.2) is 0 Å². The van der Waals surface area contributed by atoms with Crippen molar-refractivity contribution in [2.45, 2.75) is 0 Å². The van der Waals surface area contributed by atoms with E-state index in [1.165, 1.54) is 6.07 Å². The van der Waals surface area contributed by atoms with E-state index in [0.717, 1.165) is 38.1 Å². The Kier molecular flexibility index (Phi) is 4.50. The van der Waals surface area contributed by atoms with Crippen LogP contribution < -0.4 is 16.2 Å². The maximum Gasteiger partial charge on any atom is 0.252 e. The van der Waals surface area contributed by atoms with Crippen molar-refractivity contribution in [1.29, 1.82) is 0 Å². The molecule has 0 unspecified atom stereocenters. The molecule has 3 rings (SSSR count). The molecule has 1 aromatic heterocycles. The number of nitrogens with zero attached hydrogens (tertiary/aromatic N) is 1. The molecule has 0 spiro atoms. The standard InChI is InChI=1S/C16H20N4O2/c21-15-11-13(12-3-1-2-4-14(12)19-15)16(22)18-7-10-20-8-5-17-6-9-20/h1-4,11,17H,5-10H2,(H,18,22)(H,19,21). The molecule has 116 valence electrons. The summed E-state index contributed by atoms with van der Waals surface area (Å²) in [6.07, 6.45) is 0. The molecular formula is C16H20N4O2. The van der Waals surface area contributed by atoms with Crippen LogP contribution in [0.5, 0.6) is 0 Å². The monoisotopic (exact) mass is 300 g/mol. The smallest absolute Gasteiger partial charge is 0.252 e. The number of fused-ring (bicyclic) bond motifs is 1. The van der Waals surface area contributed by atoms with Crippen molar-refractivity contribution < 1.29 is 4.79 Å². The molecule has 2 aromatic rings. The molecule has 1 saturated heterocycles. The Morgan fingerprint density at radius 3 is 2.82 bits per heavy atom. The number of benzene rings is 1. The van der Waals surface area contributed by atoms with Gasteiger partial charge in [0, 0.05) is 56.2 Å². The van der Waals surface area contributed by atoms with Crippen molar-refractivity contribution in [2.75, 3.05) is 39.3 Å². The molecule has 6 heteroatoms. The SMILES string of the molecule is O=C(NCCN1CCNCC1)c1cc(=O)[nH]c2ccccc12. The van der Waals surface area contributed by atoms with Crippen LogP contribution in [0.1, 0.15) is 10.4 Å². The summed E-state index contributed by atoms with van der Waals surface area (Å²) in [5, 5.41) is 6.98. The molecule has 3 N–H and O–H groups in total. The maximum absolute atomic E-state index is 12.4. The van der Waals surface area contributed by atoms with Crippen LogP contribution in [0.25, 0.3) is 10.9 Å². The third-order valence-electron chi connectivity index (χ3n) is 3.92. The number of hydrogen-bond acceptors (Lipinski definition) is 4. The zero-order valence-electron chi connectivity index (χ0n) is 12.4. The van der Waals surface area contributed by atoms with Crippen LogP contribution in [-0.4, -0.2) is 55.1 Å². The molecule has 6 nitrogen and oxygen atoms in total. The normalized spacial score (nSPS) is 15.8. The summed E-state index contributed by atoms with van der Waals surface area (Å²) in [5.41, 5.74) is 0.855. The maximum atomic E-state index is 12.4. The second-order valence-electron chi connectivity index (χ2n) is 5.44. The van der Waals surface area contributed by atoms with Gasteiger partial charge in [0.25, 0.3) is 5.91 Å². The fourth-order valence-corrected chi connectivity index (χ4v) is 2.75. The minimum absolute atomic E-state index is 0.197. The molecule has 1 aromatic carbocycles. The quantitative estimate of drug-likeness (QED) is 0.752. The molecular weight excluding hydrogens is 280 g/mol. The number of pyridine rings is 1. The summed E-state index contributed by atoms with van der Waals surface area (Å²) in [4.78, 5) is 29.1. The van der Waals surface area contributed by atoms with Crippen LogP contribution in [0.2, 0.25) is 0 Å². The first-order chi connectivity index (χ1) is 10.7. The molecule has 1 amide bonds. The van der Waals surface area contributed by atoms with E-state index in [2.05, 4.69) is 20.5 Å². The summed E-state index contributed by atoms with van der Waals surface area (Å²) in [6, 6.07) is 8.70. The van der Waals surface area contributed by atoms with Crippen LogP contribution >= 0.6 is 0 Å². The summed E-state index contributed by atoms with van der Waals surface area (Å²) in [5.74, 6) is -0.197. The molecule has 1 aliphatic heterocycles. The number of carbonyl (C=O) groups is 1. The lowest BCUT2D eigenvalue weighted by Crippen LogP contribution is -2.46. The van der Waals surface area contributed by atoms with Gasteiger partial charge in [-0.2, -0.15) is 0 Å². The highest BCUT2D eigenvalue weighted by atomic mass is 16.2. The van der Waals surface area contributed by atoms with Crippen molar-refractivity contribution in [2.24, 2.45) is 0 Å². The van der Waals surface area contributed by atoms with Gasteiger partial charge in [0.2, 0.25) is 5.56 Å². The lowest BCUT2D eigenvalue weighted by atomic mass is 10.1. The number of amides is 1. The average Bonchev–Trinajstić information content (AvgIpc) is 2.55. The zero-order valence-corrected chi connectivity index (χ0v) is 12.4. The first-order valence-corrected chi connectivity index (χ1v) is 7.57. The fourth-order valence-electron chi connectivity index (χ4n) is 2.75. The van der Waals surface area contributed by atoms with Gasteiger partial charge in [0.15, 0.2) is 0 Å². The van der Waals surface area contributed by atoms with Crippen LogP contribution in [-0.2, 0) is 0 Å². The zero-order chi connectivity index (χ0) is 15.4. The third kappa shape index (κ3) is 3.35. The number of nitrogens with one attached hydrogen (secondary N) is 3. The Morgan fingerprint density at radius 2 is 2.00 bits per heavy atom. The van der Waals surface area contributed by atoms with E-state index in [0.29, 0.717) is 17.6 Å². The van der Waals surface area contributed by atoms with Gasteiger partial charge in [-0.3, -0.25) is 14.5 Å². The van der Waals surface area contributed by atoms with Gasteiger partial charge in [-0.05, 0) is 6.07 Å². The van der Waals surface area contributed by atoms with Gasteiger partial charge in [0.1, 0.15) is 0 Å². The van der Waals surface area contributed by atoms with Crippen molar-refractivity contribution in [3.05, 3.63) is 46.2 Å². The van der Waals surface area contributed by atoms with Gasteiger partial charge in [0.05, 0.1) is 5.56 Å². The minimum Gasteiger partial charge on any atom is -0.351 e. The molecule has 0 bridgehead atoms. The molecule has 0 saturated carbocycles. The topological polar surface area (TPSA) is 77.2 Å². The van der Waals surface area contributed by atoms with Crippen LogP contribution in [0.4, 0.5) is 0 Å². The number of para-hydroxylation sites is 1. The summed E-state index contributed by atoms with van der Waals surface area (Å²) in [7, 11) is 0. The molecule has 0 radical (unpaired) electrons. The van der Waals surface area contributed by atoms with E-state index in [1.807, 2.05) is 18.2 Å². The Morgan fingerprint density at radius 1 is 1.23 bits per heavy atom. The van der Waals surface area contributed by atoms with E-state index in [9.17, 15) is 9.59 Å². The highest BCUT2D eigenvalue weighted by Gasteiger charge is 2.13. The van der Waals surface area contributed by atoms with Crippen molar-refractivity contribution >= 4 is 16.8 Å². The summed E-state index contributed by atoms with van der Waals surface area (Å²) >= 11 is 0. The number of H-pyrrole nitrogens is 1. The number of carbonyl (C=O) groups excluding carboxylic acids is 1. The number of hydrogen-bond donors (Lipinski definition) is 3. The van der Waals surface area contributed by atoms with E-state index >= 15 is 0 Å². The predicted octanol–water partition coefficient (Wildman–Crippen LogP) is 0.163. The Hall–Kier alpha value is -2.18. The van der Waals surface area contributed by atoms with E-state index in [4.69, 9.17) is 0 Å². The summed E-state index contributed by atoms with van der Waals surface area (Å²) in [6.45, 7) is 5.40. The van der Waals surface area contributed by atoms with Crippen molar-refractivity contribution in [3.8, 4) is 0 Å². The molecule has 1 fully saturated rings. The molecule has 22 heavy (non-hydrogen) atoms. The Bertz CT molecular complexity index is 719. The lowest BCUT2D eigenvalue weighted by molar-refractivity contribution is 0.0948. The van der Waals surface area contributed by atoms with E-state index < -0.39 is 0 Å². The second kappa shape index (κ2) is 6.72. The minimum atomic E-state index is -0.258. The molecule has 1 aliphatic rings. The van der Waals surface area contributed by atoms with Crippen molar-refractivity contribution in [3.63, 3.8) is 0 Å². The van der Waals surface area contributed by atoms with Crippen molar-refractivity contribution in [1.82, 2.24) is 20.5 Å². The van der Waals surface area contributed by atoms with Gasteiger partial charge in [-0.15, -0.1) is 0 Å². The first kappa shape index (κ1) is 14.7. The lowest BCUT2D eigenvalue weighted by Gasteiger charge is -2.27. The number of rotatable bonds is 4. The Balaban J connectivity index is 1.68. The van der Waals surface area contributed by atoms with Crippen LogP contribution in [0.15, 0.2) is 35.1 Å². The summed E-state index contributed by atoms with van der Waals surface area (Å²) < 4.78 is 0. The highest BCUT2D eigenvalue weighted by Crippen LogP contribution is 2.14. The molecule has 0 aliphatic carbocycles. The largest absolute Gasteiger partial charge is 0.351 e. The average molecular weight is 300 g/mol. The fraction of sp³-hybridized carbons (Fsp3) is 0.375. The van der Waals surface area contributed by atoms with E-state index in [1.54, 1.807) is 6.07 Å². The number of aromatic nitrogens is 1. The van der Waals surface area contributed by atoms with Gasteiger partial charge < -0.3 is 15.6 Å². The number of piperazine rings is 1. The Labute approximate surface area is 128 Å². The first-order valence-electron chi connectivity index (χ1n) is 7.57. The molecule has 2 heterocycles.